The van der Waals surface area contributed by atoms with E-state index >= 15 is 0 Å². The van der Waals surface area contributed by atoms with Gasteiger partial charge in [0.2, 0.25) is 5.91 Å². The van der Waals surface area contributed by atoms with Crippen molar-refractivity contribution < 1.29 is 23.9 Å². The molecule has 1 aliphatic rings. The average Bonchev–Trinajstić information content (AvgIpc) is 2.71. The molecule has 30 heavy (non-hydrogen) atoms. The van der Waals surface area contributed by atoms with Crippen molar-refractivity contribution in [1.29, 1.82) is 0 Å². The lowest BCUT2D eigenvalue weighted by Crippen LogP contribution is -2.48. The Morgan fingerprint density at radius 3 is 2.43 bits per heavy atom. The SMILES string of the molecule is CCCN1C(=O)NC(c2ccc(NC(=O)C(C)C)cc2)C(C(=O)OCCOC)=C1C. The summed E-state index contributed by atoms with van der Waals surface area (Å²) in [6.45, 7) is 8.27. The van der Waals surface area contributed by atoms with Gasteiger partial charge in [-0.15, -0.1) is 0 Å². The van der Waals surface area contributed by atoms with Crippen LogP contribution in [0.5, 0.6) is 0 Å². The van der Waals surface area contributed by atoms with Gasteiger partial charge in [-0.1, -0.05) is 32.9 Å². The Labute approximate surface area is 177 Å². The van der Waals surface area contributed by atoms with Crippen LogP contribution in [0.25, 0.3) is 0 Å². The molecular formula is C22H31N3O5. The molecule has 2 rings (SSSR count). The van der Waals surface area contributed by atoms with Gasteiger partial charge in [0, 0.05) is 31.0 Å². The van der Waals surface area contributed by atoms with Crippen LogP contribution in [0.1, 0.15) is 45.7 Å². The van der Waals surface area contributed by atoms with Crippen molar-refractivity contribution in [3.63, 3.8) is 0 Å². The molecule has 1 unspecified atom stereocenters. The van der Waals surface area contributed by atoms with Crippen LogP contribution < -0.4 is 10.6 Å². The molecular weight excluding hydrogens is 386 g/mol. The van der Waals surface area contributed by atoms with Crippen LogP contribution >= 0.6 is 0 Å². The van der Waals surface area contributed by atoms with E-state index in [4.69, 9.17) is 9.47 Å². The van der Waals surface area contributed by atoms with Crippen molar-refractivity contribution in [1.82, 2.24) is 10.2 Å². The number of hydrogen-bond acceptors (Lipinski definition) is 5. The number of methoxy groups -OCH3 is 1. The van der Waals surface area contributed by atoms with Gasteiger partial charge >= 0.3 is 12.0 Å². The Morgan fingerprint density at radius 2 is 1.87 bits per heavy atom. The summed E-state index contributed by atoms with van der Waals surface area (Å²) < 4.78 is 10.3. The highest BCUT2D eigenvalue weighted by atomic mass is 16.6. The zero-order chi connectivity index (χ0) is 22.3. The average molecular weight is 418 g/mol. The highest BCUT2D eigenvalue weighted by molar-refractivity contribution is 5.95. The summed E-state index contributed by atoms with van der Waals surface area (Å²) in [6, 6.07) is 6.17. The third-order valence-electron chi connectivity index (χ3n) is 4.82. The first-order valence-electron chi connectivity index (χ1n) is 10.2. The van der Waals surface area contributed by atoms with E-state index in [2.05, 4.69) is 10.6 Å². The predicted molar refractivity (Wildman–Crippen MR) is 114 cm³/mol. The number of esters is 1. The first kappa shape index (κ1) is 23.4. The van der Waals surface area contributed by atoms with Gasteiger partial charge in [-0.2, -0.15) is 0 Å². The number of rotatable bonds is 9. The van der Waals surface area contributed by atoms with Gasteiger partial charge in [0.25, 0.3) is 0 Å². The summed E-state index contributed by atoms with van der Waals surface area (Å²) >= 11 is 0. The van der Waals surface area contributed by atoms with Gasteiger partial charge in [0.1, 0.15) is 6.61 Å². The fourth-order valence-electron chi connectivity index (χ4n) is 3.13. The molecule has 0 radical (unpaired) electrons. The lowest BCUT2D eigenvalue weighted by atomic mass is 9.94. The molecule has 8 nitrogen and oxygen atoms in total. The van der Waals surface area contributed by atoms with Gasteiger partial charge in [-0.05, 0) is 31.0 Å². The van der Waals surface area contributed by atoms with Crippen molar-refractivity contribution in [2.75, 3.05) is 32.2 Å². The number of carbonyl (C=O) groups is 3. The van der Waals surface area contributed by atoms with Gasteiger partial charge in [0.05, 0.1) is 18.2 Å². The summed E-state index contributed by atoms with van der Waals surface area (Å²) in [6.07, 6.45) is 0.756. The Hall–Kier alpha value is -2.87. The van der Waals surface area contributed by atoms with Gasteiger partial charge < -0.3 is 20.1 Å². The van der Waals surface area contributed by atoms with E-state index in [0.29, 0.717) is 23.5 Å². The molecule has 2 N–H and O–H groups in total. The number of allylic oxidation sites excluding steroid dienone is 1. The number of urea groups is 1. The number of nitrogens with zero attached hydrogens (tertiary/aromatic N) is 1. The number of hydrogen-bond donors (Lipinski definition) is 2. The van der Waals surface area contributed by atoms with E-state index < -0.39 is 12.0 Å². The van der Waals surface area contributed by atoms with Crippen molar-refractivity contribution in [3.8, 4) is 0 Å². The zero-order valence-electron chi connectivity index (χ0n) is 18.3. The molecule has 8 heteroatoms. The summed E-state index contributed by atoms with van der Waals surface area (Å²) in [5.41, 5.74) is 2.33. The van der Waals surface area contributed by atoms with E-state index in [-0.39, 0.29) is 31.1 Å². The molecule has 0 aliphatic carbocycles. The normalized spacial score (nSPS) is 16.5. The first-order chi connectivity index (χ1) is 14.3. The monoisotopic (exact) mass is 417 g/mol. The molecule has 0 fully saturated rings. The molecule has 164 valence electrons. The Kier molecular flexibility index (Phi) is 8.41. The van der Waals surface area contributed by atoms with Crippen molar-refractivity contribution in [2.45, 2.75) is 40.2 Å². The van der Waals surface area contributed by atoms with E-state index in [0.717, 1.165) is 12.0 Å². The van der Waals surface area contributed by atoms with Crippen LogP contribution in [0.3, 0.4) is 0 Å². The van der Waals surface area contributed by atoms with E-state index in [9.17, 15) is 14.4 Å². The van der Waals surface area contributed by atoms with Gasteiger partial charge in [-0.3, -0.25) is 9.69 Å². The number of benzene rings is 1. The molecule has 1 aromatic carbocycles. The molecule has 0 saturated carbocycles. The smallest absolute Gasteiger partial charge is 0.338 e. The fourth-order valence-corrected chi connectivity index (χ4v) is 3.13. The lowest BCUT2D eigenvalue weighted by molar-refractivity contribution is -0.141. The van der Waals surface area contributed by atoms with Gasteiger partial charge in [-0.25, -0.2) is 9.59 Å². The summed E-state index contributed by atoms with van der Waals surface area (Å²) in [7, 11) is 1.53. The van der Waals surface area contributed by atoms with E-state index in [1.54, 1.807) is 36.1 Å². The van der Waals surface area contributed by atoms with Crippen molar-refractivity contribution in [2.24, 2.45) is 5.92 Å². The first-order valence-corrected chi connectivity index (χ1v) is 10.2. The molecule has 1 aliphatic heterocycles. The second-order valence-corrected chi connectivity index (χ2v) is 7.43. The second kappa shape index (κ2) is 10.8. The van der Waals surface area contributed by atoms with Crippen LogP contribution in [0, 0.1) is 5.92 Å². The lowest BCUT2D eigenvalue weighted by Gasteiger charge is -2.35. The Bertz CT molecular complexity index is 801. The highest BCUT2D eigenvalue weighted by Gasteiger charge is 2.36. The van der Waals surface area contributed by atoms with Crippen LogP contribution in [-0.4, -0.2) is 49.7 Å². The summed E-state index contributed by atoms with van der Waals surface area (Å²) in [5.74, 6) is -0.708. The molecule has 3 amide bonds. The zero-order valence-corrected chi connectivity index (χ0v) is 18.3. The topological polar surface area (TPSA) is 97.0 Å². The third-order valence-corrected chi connectivity index (χ3v) is 4.82. The molecule has 0 saturated heterocycles. The van der Waals surface area contributed by atoms with Crippen LogP contribution in [0.15, 0.2) is 35.5 Å². The number of ether oxygens (including phenoxy) is 2. The molecule has 1 atom stereocenters. The van der Waals surface area contributed by atoms with E-state index in [1.807, 2.05) is 20.8 Å². The maximum Gasteiger partial charge on any atom is 0.338 e. The minimum atomic E-state index is -0.643. The third kappa shape index (κ3) is 5.60. The minimum Gasteiger partial charge on any atom is -0.460 e. The highest BCUT2D eigenvalue weighted by Crippen LogP contribution is 2.32. The fraction of sp³-hybridized carbons (Fsp3) is 0.500. The maximum absolute atomic E-state index is 12.8. The minimum absolute atomic E-state index is 0.0814. The number of nitrogens with one attached hydrogen (secondary N) is 2. The number of anilines is 1. The van der Waals surface area contributed by atoms with E-state index in [1.165, 1.54) is 7.11 Å². The largest absolute Gasteiger partial charge is 0.460 e. The molecule has 1 heterocycles. The number of amides is 3. The molecule has 1 aromatic rings. The molecule has 0 spiro atoms. The van der Waals surface area contributed by atoms with Crippen LogP contribution in [-0.2, 0) is 19.1 Å². The van der Waals surface area contributed by atoms with Crippen molar-refractivity contribution in [3.05, 3.63) is 41.1 Å². The predicted octanol–water partition coefficient (Wildman–Crippen LogP) is 3.22. The van der Waals surface area contributed by atoms with Crippen molar-refractivity contribution >= 4 is 23.6 Å². The maximum atomic E-state index is 12.8. The molecule has 0 aromatic heterocycles. The number of carbonyl (C=O) groups excluding carboxylic acids is 3. The quantitative estimate of drug-likeness (QED) is 0.475. The molecule has 0 bridgehead atoms. The Morgan fingerprint density at radius 1 is 1.20 bits per heavy atom. The Balaban J connectivity index is 2.34. The van der Waals surface area contributed by atoms with Gasteiger partial charge in [0.15, 0.2) is 0 Å². The summed E-state index contributed by atoms with van der Waals surface area (Å²) in [5, 5.41) is 5.74. The second-order valence-electron chi connectivity index (χ2n) is 7.43. The summed E-state index contributed by atoms with van der Waals surface area (Å²) in [4.78, 5) is 38.9. The van der Waals surface area contributed by atoms with Crippen LogP contribution in [0.4, 0.5) is 10.5 Å². The van der Waals surface area contributed by atoms with Crippen LogP contribution in [0.2, 0.25) is 0 Å². The standard InChI is InChI=1S/C22H31N3O5/c1-6-11-25-15(4)18(21(27)30-13-12-29-5)19(24-22(25)28)16-7-9-17(10-8-16)23-20(26)14(2)3/h7-10,14,19H,6,11-13H2,1-5H3,(H,23,26)(H,24,28).